The van der Waals surface area contributed by atoms with Crippen LogP contribution in [0.15, 0.2) is 0 Å². The van der Waals surface area contributed by atoms with Crippen molar-refractivity contribution in [1.29, 1.82) is 0 Å². The first-order chi connectivity index (χ1) is 7.46. The van der Waals surface area contributed by atoms with Gasteiger partial charge in [0.25, 0.3) is 0 Å². The lowest BCUT2D eigenvalue weighted by atomic mass is 9.93. The van der Waals surface area contributed by atoms with Gasteiger partial charge in [-0.1, -0.05) is 27.7 Å². The van der Waals surface area contributed by atoms with Crippen molar-refractivity contribution in [3.8, 4) is 0 Å². The predicted molar refractivity (Wildman–Crippen MR) is 68.4 cm³/mol. The summed E-state index contributed by atoms with van der Waals surface area (Å²) in [7, 11) is 0. The van der Waals surface area contributed by atoms with Crippen LogP contribution in [-0.4, -0.2) is 37.1 Å². The van der Waals surface area contributed by atoms with Crippen LogP contribution >= 0.6 is 0 Å². The number of carbonyl (C=O) groups is 1. The molecule has 0 aliphatic rings. The van der Waals surface area contributed by atoms with Gasteiger partial charge in [-0.25, -0.2) is 4.79 Å². The Bertz CT molecular complexity index is 204. The zero-order valence-corrected chi connectivity index (χ0v) is 11.2. The van der Waals surface area contributed by atoms with Crippen molar-refractivity contribution in [1.82, 2.24) is 10.2 Å². The SMILES string of the molecule is CCCNC(=O)N(CCC)CC(C)(C)CN. The van der Waals surface area contributed by atoms with Gasteiger partial charge in [-0.3, -0.25) is 0 Å². The fourth-order valence-corrected chi connectivity index (χ4v) is 1.45. The number of nitrogens with two attached hydrogens (primary N) is 1. The first-order valence-corrected chi connectivity index (χ1v) is 6.19. The normalized spacial score (nSPS) is 11.3. The molecule has 0 spiro atoms. The van der Waals surface area contributed by atoms with Gasteiger partial charge in [0.2, 0.25) is 0 Å². The molecule has 0 atom stereocenters. The fraction of sp³-hybridized carbons (Fsp3) is 0.917. The first kappa shape index (κ1) is 15.2. The van der Waals surface area contributed by atoms with Crippen LogP contribution in [-0.2, 0) is 0 Å². The third kappa shape index (κ3) is 5.95. The Hall–Kier alpha value is -0.770. The number of amides is 2. The van der Waals surface area contributed by atoms with E-state index in [1.807, 2.05) is 11.8 Å². The molecule has 0 saturated heterocycles. The van der Waals surface area contributed by atoms with Gasteiger partial charge in [0.1, 0.15) is 0 Å². The maximum Gasteiger partial charge on any atom is 0.317 e. The van der Waals surface area contributed by atoms with Crippen molar-refractivity contribution in [2.24, 2.45) is 11.1 Å². The Labute approximate surface area is 99.6 Å². The molecule has 2 amide bonds. The lowest BCUT2D eigenvalue weighted by Crippen LogP contribution is -2.47. The van der Waals surface area contributed by atoms with Crippen LogP contribution in [0.5, 0.6) is 0 Å². The molecule has 0 bridgehead atoms. The third-order valence-corrected chi connectivity index (χ3v) is 2.48. The minimum Gasteiger partial charge on any atom is -0.338 e. The van der Waals surface area contributed by atoms with E-state index in [1.165, 1.54) is 0 Å². The molecule has 0 fully saturated rings. The molecule has 16 heavy (non-hydrogen) atoms. The molecule has 0 rings (SSSR count). The smallest absolute Gasteiger partial charge is 0.317 e. The van der Waals surface area contributed by atoms with E-state index in [2.05, 4.69) is 26.1 Å². The van der Waals surface area contributed by atoms with Crippen LogP contribution in [0.2, 0.25) is 0 Å². The minimum atomic E-state index is -0.0152. The molecule has 3 N–H and O–H groups in total. The molecule has 0 heterocycles. The highest BCUT2D eigenvalue weighted by molar-refractivity contribution is 5.74. The number of nitrogens with zero attached hydrogens (tertiary/aromatic N) is 1. The van der Waals surface area contributed by atoms with Crippen molar-refractivity contribution in [2.45, 2.75) is 40.5 Å². The zero-order valence-electron chi connectivity index (χ0n) is 11.2. The predicted octanol–water partition coefficient (Wildman–Crippen LogP) is 1.80. The molecule has 0 radical (unpaired) electrons. The van der Waals surface area contributed by atoms with Crippen molar-refractivity contribution in [3.05, 3.63) is 0 Å². The topological polar surface area (TPSA) is 58.4 Å². The second kappa shape index (κ2) is 7.49. The summed E-state index contributed by atoms with van der Waals surface area (Å²) in [6, 6.07) is 0.0326. The Morgan fingerprint density at radius 2 is 1.94 bits per heavy atom. The van der Waals surface area contributed by atoms with E-state index in [9.17, 15) is 4.79 Å². The summed E-state index contributed by atoms with van der Waals surface area (Å²) >= 11 is 0. The molecule has 0 saturated carbocycles. The largest absolute Gasteiger partial charge is 0.338 e. The van der Waals surface area contributed by atoms with E-state index >= 15 is 0 Å². The molecule has 4 nitrogen and oxygen atoms in total. The van der Waals surface area contributed by atoms with Crippen molar-refractivity contribution >= 4 is 6.03 Å². The lowest BCUT2D eigenvalue weighted by Gasteiger charge is -2.31. The molecule has 0 aliphatic carbocycles. The van der Waals surface area contributed by atoms with E-state index in [4.69, 9.17) is 5.73 Å². The fourth-order valence-electron chi connectivity index (χ4n) is 1.45. The molecule has 96 valence electrons. The average molecular weight is 229 g/mol. The monoisotopic (exact) mass is 229 g/mol. The Morgan fingerprint density at radius 3 is 2.38 bits per heavy atom. The number of hydrogen-bond acceptors (Lipinski definition) is 2. The second-order valence-corrected chi connectivity index (χ2v) is 5.02. The highest BCUT2D eigenvalue weighted by atomic mass is 16.2. The highest BCUT2D eigenvalue weighted by Crippen LogP contribution is 2.15. The lowest BCUT2D eigenvalue weighted by molar-refractivity contribution is 0.169. The summed E-state index contributed by atoms with van der Waals surface area (Å²) in [5.41, 5.74) is 5.68. The van der Waals surface area contributed by atoms with Crippen molar-refractivity contribution < 1.29 is 4.79 Å². The minimum absolute atomic E-state index is 0.0152. The van der Waals surface area contributed by atoms with Gasteiger partial charge < -0.3 is 16.0 Å². The second-order valence-electron chi connectivity index (χ2n) is 5.02. The van der Waals surface area contributed by atoms with Crippen molar-refractivity contribution in [2.75, 3.05) is 26.2 Å². The first-order valence-electron chi connectivity index (χ1n) is 6.19. The molecular weight excluding hydrogens is 202 g/mol. The summed E-state index contributed by atoms with van der Waals surface area (Å²) in [5, 5.41) is 2.91. The number of nitrogens with one attached hydrogen (secondary N) is 1. The van der Waals surface area contributed by atoms with Crippen LogP contribution in [0, 0.1) is 5.41 Å². The summed E-state index contributed by atoms with van der Waals surface area (Å²) in [6.45, 7) is 11.1. The van der Waals surface area contributed by atoms with Crippen LogP contribution in [0.25, 0.3) is 0 Å². The Balaban J connectivity index is 4.30. The average Bonchev–Trinajstić information content (AvgIpc) is 2.25. The number of hydrogen-bond donors (Lipinski definition) is 2. The quantitative estimate of drug-likeness (QED) is 0.699. The van der Waals surface area contributed by atoms with Crippen LogP contribution in [0.1, 0.15) is 40.5 Å². The molecule has 4 heteroatoms. The number of carbonyl (C=O) groups excluding carboxylic acids is 1. The van der Waals surface area contributed by atoms with Gasteiger partial charge in [0.15, 0.2) is 0 Å². The Kier molecular flexibility index (Phi) is 7.13. The third-order valence-electron chi connectivity index (χ3n) is 2.48. The summed E-state index contributed by atoms with van der Waals surface area (Å²) < 4.78 is 0. The molecule has 0 unspecified atom stereocenters. The number of rotatable bonds is 7. The van der Waals surface area contributed by atoms with Crippen LogP contribution in [0.3, 0.4) is 0 Å². The van der Waals surface area contributed by atoms with E-state index in [1.54, 1.807) is 0 Å². The molecule has 0 aromatic rings. The summed E-state index contributed by atoms with van der Waals surface area (Å²) in [5.74, 6) is 0. The van der Waals surface area contributed by atoms with E-state index in [0.717, 1.165) is 25.9 Å². The van der Waals surface area contributed by atoms with Gasteiger partial charge in [-0.05, 0) is 24.8 Å². The van der Waals surface area contributed by atoms with Gasteiger partial charge >= 0.3 is 6.03 Å². The maximum absolute atomic E-state index is 11.9. The van der Waals surface area contributed by atoms with E-state index in [-0.39, 0.29) is 11.4 Å². The summed E-state index contributed by atoms with van der Waals surface area (Å²) in [4.78, 5) is 13.7. The summed E-state index contributed by atoms with van der Waals surface area (Å²) in [6.07, 6.45) is 1.94. The van der Waals surface area contributed by atoms with Crippen LogP contribution < -0.4 is 11.1 Å². The molecule has 0 aliphatic heterocycles. The van der Waals surface area contributed by atoms with Gasteiger partial charge in [0.05, 0.1) is 0 Å². The standard InChI is InChI=1S/C12H27N3O/c1-5-7-14-11(16)15(8-6-2)10-12(3,4)9-13/h5-10,13H2,1-4H3,(H,14,16). The highest BCUT2D eigenvalue weighted by Gasteiger charge is 2.22. The van der Waals surface area contributed by atoms with Crippen molar-refractivity contribution in [3.63, 3.8) is 0 Å². The number of urea groups is 1. The molecule has 0 aromatic carbocycles. The molecular formula is C12H27N3O. The van der Waals surface area contributed by atoms with Gasteiger partial charge in [-0.2, -0.15) is 0 Å². The Morgan fingerprint density at radius 1 is 1.31 bits per heavy atom. The van der Waals surface area contributed by atoms with E-state index in [0.29, 0.717) is 13.1 Å². The van der Waals surface area contributed by atoms with Crippen LogP contribution in [0.4, 0.5) is 4.79 Å². The van der Waals surface area contributed by atoms with Gasteiger partial charge in [-0.15, -0.1) is 0 Å². The zero-order chi connectivity index (χ0) is 12.6. The van der Waals surface area contributed by atoms with E-state index < -0.39 is 0 Å². The molecule has 0 aromatic heterocycles. The van der Waals surface area contributed by atoms with Gasteiger partial charge in [0, 0.05) is 19.6 Å². The maximum atomic E-state index is 11.9.